The van der Waals surface area contributed by atoms with E-state index < -0.39 is 30.6 Å². The summed E-state index contributed by atoms with van der Waals surface area (Å²) >= 11 is 0. The van der Waals surface area contributed by atoms with Gasteiger partial charge in [0.2, 0.25) is 0 Å². The molecule has 0 bridgehead atoms. The maximum absolute atomic E-state index is 12.1. The second kappa shape index (κ2) is 8.88. The molecule has 0 unspecified atom stereocenters. The second-order valence-corrected chi connectivity index (χ2v) is 5.42. The first-order valence-corrected chi connectivity index (χ1v) is 7.79. The van der Waals surface area contributed by atoms with Crippen LogP contribution in [-0.4, -0.2) is 24.8 Å². The van der Waals surface area contributed by atoms with Gasteiger partial charge in [-0.3, -0.25) is 4.79 Å². The Bertz CT molecular complexity index is 830. The van der Waals surface area contributed by atoms with Gasteiger partial charge in [-0.15, -0.1) is 13.2 Å². The minimum Gasteiger partial charge on any atom is -0.452 e. The topological polar surface area (TPSA) is 64.6 Å². The Morgan fingerprint density at radius 3 is 2.37 bits per heavy atom. The van der Waals surface area contributed by atoms with Crippen LogP contribution in [-0.2, 0) is 14.3 Å². The van der Waals surface area contributed by atoms with Gasteiger partial charge in [0, 0.05) is 11.8 Å². The minimum atomic E-state index is -4.79. The van der Waals surface area contributed by atoms with Crippen molar-refractivity contribution in [3.05, 3.63) is 65.7 Å². The fourth-order valence-corrected chi connectivity index (χ4v) is 2.05. The zero-order valence-corrected chi connectivity index (χ0v) is 14.2. The average molecular weight is 379 g/mol. The number of esters is 1. The molecule has 1 N–H and O–H groups in total. The number of halogens is 3. The predicted octanol–water partition coefficient (Wildman–Crippen LogP) is 4.09. The Kier molecular flexibility index (Phi) is 6.59. The molecule has 8 heteroatoms. The lowest BCUT2D eigenvalue weighted by Gasteiger charge is -2.10. The van der Waals surface area contributed by atoms with Crippen LogP contribution in [0.15, 0.2) is 54.6 Å². The van der Waals surface area contributed by atoms with Crippen LogP contribution < -0.4 is 10.1 Å². The van der Waals surface area contributed by atoms with Crippen molar-refractivity contribution in [2.75, 3.05) is 11.9 Å². The Labute approximate surface area is 153 Å². The number of amides is 1. The van der Waals surface area contributed by atoms with E-state index in [1.807, 2.05) is 31.2 Å². The fourth-order valence-electron chi connectivity index (χ4n) is 2.05. The molecular weight excluding hydrogens is 363 g/mol. The zero-order valence-electron chi connectivity index (χ0n) is 14.2. The molecule has 5 nitrogen and oxygen atoms in total. The van der Waals surface area contributed by atoms with E-state index >= 15 is 0 Å². The molecule has 0 radical (unpaired) electrons. The van der Waals surface area contributed by atoms with Crippen LogP contribution in [0.5, 0.6) is 5.75 Å². The van der Waals surface area contributed by atoms with E-state index in [9.17, 15) is 22.8 Å². The van der Waals surface area contributed by atoms with Gasteiger partial charge >= 0.3 is 12.3 Å². The van der Waals surface area contributed by atoms with E-state index in [1.54, 1.807) is 6.08 Å². The molecule has 0 heterocycles. The average Bonchev–Trinajstić information content (AvgIpc) is 2.60. The summed E-state index contributed by atoms with van der Waals surface area (Å²) < 4.78 is 44.8. The number of nitrogens with one attached hydrogen (secondary N) is 1. The largest absolute Gasteiger partial charge is 0.573 e. The van der Waals surface area contributed by atoms with Crippen molar-refractivity contribution in [3.8, 4) is 5.75 Å². The van der Waals surface area contributed by atoms with Gasteiger partial charge < -0.3 is 14.8 Å². The highest BCUT2D eigenvalue weighted by Gasteiger charge is 2.30. The highest BCUT2D eigenvalue weighted by molar-refractivity contribution is 5.94. The Hall–Kier alpha value is -3.29. The quantitative estimate of drug-likeness (QED) is 0.607. The molecule has 0 aromatic heterocycles. The summed E-state index contributed by atoms with van der Waals surface area (Å²) in [4.78, 5) is 23.4. The van der Waals surface area contributed by atoms with Crippen molar-refractivity contribution < 1.29 is 32.2 Å². The van der Waals surface area contributed by atoms with Crippen molar-refractivity contribution in [3.63, 3.8) is 0 Å². The third kappa shape index (κ3) is 7.23. The highest BCUT2D eigenvalue weighted by Crippen LogP contribution is 2.23. The van der Waals surface area contributed by atoms with Crippen molar-refractivity contribution >= 4 is 23.6 Å². The number of aryl methyl sites for hydroxylation is 1. The maximum Gasteiger partial charge on any atom is 0.573 e. The summed E-state index contributed by atoms with van der Waals surface area (Å²) in [6.45, 7) is 1.36. The van der Waals surface area contributed by atoms with Crippen LogP contribution in [0.2, 0.25) is 0 Å². The van der Waals surface area contributed by atoms with Crippen LogP contribution in [0.25, 0.3) is 6.08 Å². The Morgan fingerprint density at radius 1 is 1.07 bits per heavy atom. The molecular formula is C19H16F3NO4. The molecule has 0 aliphatic heterocycles. The molecule has 27 heavy (non-hydrogen) atoms. The number of anilines is 1. The molecule has 0 spiro atoms. The van der Waals surface area contributed by atoms with Crippen LogP contribution in [0, 0.1) is 6.92 Å². The van der Waals surface area contributed by atoms with Crippen molar-refractivity contribution in [2.45, 2.75) is 13.3 Å². The molecule has 2 aromatic carbocycles. The normalized spacial score (nSPS) is 11.3. The minimum absolute atomic E-state index is 0.237. The van der Waals surface area contributed by atoms with Crippen LogP contribution in [0.1, 0.15) is 11.1 Å². The number of rotatable bonds is 6. The molecule has 0 fully saturated rings. The summed E-state index contributed by atoms with van der Waals surface area (Å²) in [6, 6.07) is 12.0. The smallest absolute Gasteiger partial charge is 0.452 e. The molecule has 2 rings (SSSR count). The van der Waals surface area contributed by atoms with E-state index in [2.05, 4.69) is 10.1 Å². The van der Waals surface area contributed by atoms with Crippen molar-refractivity contribution in [2.24, 2.45) is 0 Å². The summed E-state index contributed by atoms with van der Waals surface area (Å²) in [6.07, 6.45) is -2.00. The number of ether oxygens (including phenoxy) is 2. The van der Waals surface area contributed by atoms with Gasteiger partial charge in [-0.2, -0.15) is 0 Å². The number of carbonyl (C=O) groups is 2. The van der Waals surface area contributed by atoms with E-state index in [1.165, 1.54) is 18.2 Å². The first-order chi connectivity index (χ1) is 12.7. The van der Waals surface area contributed by atoms with E-state index in [4.69, 9.17) is 4.74 Å². The van der Waals surface area contributed by atoms with Gasteiger partial charge in [-0.1, -0.05) is 24.3 Å². The van der Waals surface area contributed by atoms with Gasteiger partial charge in [0.05, 0.1) is 0 Å². The SMILES string of the molecule is Cc1ccccc1/C=C/C(=O)OCC(=O)Nc1ccc(OC(F)(F)F)cc1. The third-order valence-electron chi connectivity index (χ3n) is 3.30. The molecule has 0 atom stereocenters. The number of hydrogen-bond donors (Lipinski definition) is 1. The lowest BCUT2D eigenvalue weighted by Crippen LogP contribution is -2.20. The highest BCUT2D eigenvalue weighted by atomic mass is 19.4. The predicted molar refractivity (Wildman–Crippen MR) is 92.9 cm³/mol. The first kappa shape index (κ1) is 20.0. The first-order valence-electron chi connectivity index (χ1n) is 7.79. The van der Waals surface area contributed by atoms with Crippen LogP contribution >= 0.6 is 0 Å². The number of carbonyl (C=O) groups excluding carboxylic acids is 2. The molecule has 2 aromatic rings. The lowest BCUT2D eigenvalue weighted by atomic mass is 10.1. The summed E-state index contributed by atoms with van der Waals surface area (Å²) in [5, 5.41) is 2.39. The summed E-state index contributed by atoms with van der Waals surface area (Å²) in [7, 11) is 0. The molecule has 1 amide bonds. The van der Waals surface area contributed by atoms with E-state index in [0.717, 1.165) is 23.3 Å². The number of benzene rings is 2. The number of hydrogen-bond acceptors (Lipinski definition) is 4. The fraction of sp³-hybridized carbons (Fsp3) is 0.158. The molecule has 0 saturated heterocycles. The monoisotopic (exact) mass is 379 g/mol. The standard InChI is InChI=1S/C19H16F3NO4/c1-13-4-2-3-5-14(13)6-11-18(25)26-12-17(24)23-15-7-9-16(10-8-15)27-19(20,21)22/h2-11H,12H2,1H3,(H,23,24)/b11-6+. The number of alkyl halides is 3. The molecule has 0 saturated carbocycles. The van der Waals surface area contributed by atoms with Crippen LogP contribution in [0.3, 0.4) is 0 Å². The summed E-state index contributed by atoms with van der Waals surface area (Å²) in [5.74, 6) is -1.73. The van der Waals surface area contributed by atoms with Crippen molar-refractivity contribution in [1.82, 2.24) is 0 Å². The van der Waals surface area contributed by atoms with E-state index in [-0.39, 0.29) is 5.69 Å². The molecule has 142 valence electrons. The maximum atomic E-state index is 12.1. The molecule has 0 aliphatic rings. The van der Waals surface area contributed by atoms with E-state index in [0.29, 0.717) is 0 Å². The Balaban J connectivity index is 1.80. The third-order valence-corrected chi connectivity index (χ3v) is 3.30. The van der Waals surface area contributed by atoms with Gasteiger partial charge in [0.1, 0.15) is 5.75 Å². The van der Waals surface area contributed by atoms with Crippen LogP contribution in [0.4, 0.5) is 18.9 Å². The lowest BCUT2D eigenvalue weighted by molar-refractivity contribution is -0.274. The van der Waals surface area contributed by atoms with Gasteiger partial charge in [-0.05, 0) is 48.4 Å². The van der Waals surface area contributed by atoms with Gasteiger partial charge in [0.15, 0.2) is 6.61 Å². The Morgan fingerprint density at radius 2 is 1.74 bits per heavy atom. The molecule has 0 aliphatic carbocycles. The zero-order chi connectivity index (χ0) is 19.9. The summed E-state index contributed by atoms with van der Waals surface area (Å²) in [5.41, 5.74) is 2.07. The van der Waals surface area contributed by atoms with Gasteiger partial charge in [-0.25, -0.2) is 4.79 Å². The second-order valence-electron chi connectivity index (χ2n) is 5.42. The van der Waals surface area contributed by atoms with Gasteiger partial charge in [0.25, 0.3) is 5.91 Å². The van der Waals surface area contributed by atoms with Crippen molar-refractivity contribution in [1.29, 1.82) is 0 Å².